The van der Waals surface area contributed by atoms with Gasteiger partial charge in [0.2, 0.25) is 5.88 Å². The van der Waals surface area contributed by atoms with Crippen LogP contribution in [0, 0.1) is 5.92 Å². The van der Waals surface area contributed by atoms with Crippen LogP contribution in [-0.2, 0) is 6.54 Å². The number of piperidine rings is 1. The van der Waals surface area contributed by atoms with Crippen molar-refractivity contribution >= 4 is 0 Å². The Morgan fingerprint density at radius 3 is 3.11 bits per heavy atom. The Morgan fingerprint density at radius 1 is 1.56 bits per heavy atom. The largest absolute Gasteiger partial charge is 0.481 e. The lowest BCUT2D eigenvalue weighted by atomic mass is 9.94. The quantitative estimate of drug-likeness (QED) is 0.878. The van der Waals surface area contributed by atoms with E-state index in [-0.39, 0.29) is 0 Å². The van der Waals surface area contributed by atoms with Crippen LogP contribution >= 0.6 is 0 Å². The second-order valence-corrected chi connectivity index (χ2v) is 5.19. The molecule has 0 amide bonds. The first-order valence-electron chi connectivity index (χ1n) is 6.60. The number of hydrogen-bond donors (Lipinski definition) is 1. The number of methoxy groups -OCH3 is 1. The maximum absolute atomic E-state index is 5.27. The van der Waals surface area contributed by atoms with Gasteiger partial charge in [-0.25, -0.2) is 4.98 Å². The van der Waals surface area contributed by atoms with Crippen molar-refractivity contribution in [1.29, 1.82) is 0 Å². The third-order valence-corrected chi connectivity index (χ3v) is 3.71. The number of pyridine rings is 1. The average molecular weight is 249 g/mol. The molecule has 100 valence electrons. The lowest BCUT2D eigenvalue weighted by molar-refractivity contribution is 0.174. The van der Waals surface area contributed by atoms with Crippen molar-refractivity contribution in [3.8, 4) is 5.88 Å². The summed E-state index contributed by atoms with van der Waals surface area (Å²) >= 11 is 0. The highest BCUT2D eigenvalue weighted by molar-refractivity contribution is 5.25. The van der Waals surface area contributed by atoms with Crippen LogP contribution in [0.5, 0.6) is 5.88 Å². The maximum Gasteiger partial charge on any atom is 0.217 e. The van der Waals surface area contributed by atoms with Crippen molar-refractivity contribution in [3.63, 3.8) is 0 Å². The first kappa shape index (κ1) is 13.3. The molecule has 2 atom stereocenters. The van der Waals surface area contributed by atoms with E-state index in [1.807, 2.05) is 6.07 Å². The van der Waals surface area contributed by atoms with E-state index in [0.717, 1.165) is 18.0 Å². The monoisotopic (exact) mass is 249 g/mol. The predicted molar refractivity (Wildman–Crippen MR) is 72.7 cm³/mol. The molecule has 0 aliphatic carbocycles. The summed E-state index contributed by atoms with van der Waals surface area (Å²) in [7, 11) is 3.86. The van der Waals surface area contributed by atoms with E-state index < -0.39 is 0 Å². The molecule has 0 bridgehead atoms. The number of nitrogens with one attached hydrogen (secondary N) is 1. The molecule has 1 aliphatic rings. The summed E-state index contributed by atoms with van der Waals surface area (Å²) in [6, 6.07) is 4.61. The third-order valence-electron chi connectivity index (χ3n) is 3.71. The van der Waals surface area contributed by atoms with Gasteiger partial charge in [0.25, 0.3) is 0 Å². The number of ether oxygens (including phenoxy) is 1. The molecule has 2 rings (SSSR count). The molecule has 0 spiro atoms. The van der Waals surface area contributed by atoms with Crippen LogP contribution in [-0.4, -0.2) is 43.2 Å². The standard InChI is InChI=1S/C14H23N3O/c1-11-10-17(2)8-6-13(11)16-9-12-5-4-7-15-14(12)18-3/h4-5,7,11,13,16H,6,8-10H2,1-3H3. The number of nitrogens with zero attached hydrogens (tertiary/aromatic N) is 2. The Kier molecular flexibility index (Phi) is 4.55. The minimum Gasteiger partial charge on any atom is -0.481 e. The van der Waals surface area contributed by atoms with Gasteiger partial charge in [-0.15, -0.1) is 0 Å². The molecule has 4 nitrogen and oxygen atoms in total. The predicted octanol–water partition coefficient (Wildman–Crippen LogP) is 1.52. The first-order valence-corrected chi connectivity index (χ1v) is 6.60. The van der Waals surface area contributed by atoms with Crippen LogP contribution in [0.2, 0.25) is 0 Å². The molecular weight excluding hydrogens is 226 g/mol. The van der Waals surface area contributed by atoms with E-state index in [1.54, 1.807) is 13.3 Å². The summed E-state index contributed by atoms with van der Waals surface area (Å²) < 4.78 is 5.27. The van der Waals surface area contributed by atoms with Crippen LogP contribution in [0.4, 0.5) is 0 Å². The molecule has 1 fully saturated rings. The molecule has 1 aromatic heterocycles. The first-order chi connectivity index (χ1) is 8.70. The molecule has 1 aliphatic heterocycles. The average Bonchev–Trinajstić information content (AvgIpc) is 2.38. The van der Waals surface area contributed by atoms with Gasteiger partial charge < -0.3 is 15.0 Å². The van der Waals surface area contributed by atoms with Crippen molar-refractivity contribution in [1.82, 2.24) is 15.2 Å². The van der Waals surface area contributed by atoms with Crippen LogP contribution in [0.25, 0.3) is 0 Å². The van der Waals surface area contributed by atoms with Crippen molar-refractivity contribution in [2.75, 3.05) is 27.2 Å². The van der Waals surface area contributed by atoms with E-state index >= 15 is 0 Å². The molecule has 1 N–H and O–H groups in total. The zero-order valence-electron chi connectivity index (χ0n) is 11.5. The molecule has 2 unspecified atom stereocenters. The van der Waals surface area contributed by atoms with Gasteiger partial charge in [-0.05, 0) is 32.0 Å². The van der Waals surface area contributed by atoms with Crippen molar-refractivity contribution in [2.45, 2.75) is 25.9 Å². The summed E-state index contributed by atoms with van der Waals surface area (Å²) in [5.41, 5.74) is 1.13. The molecular formula is C14H23N3O. The lowest BCUT2D eigenvalue weighted by Gasteiger charge is -2.35. The molecule has 0 aromatic carbocycles. The minimum atomic E-state index is 0.589. The summed E-state index contributed by atoms with van der Waals surface area (Å²) in [5.74, 6) is 1.41. The second kappa shape index (κ2) is 6.16. The Labute approximate surface area is 109 Å². The molecule has 1 saturated heterocycles. The van der Waals surface area contributed by atoms with E-state index in [1.165, 1.54) is 19.5 Å². The second-order valence-electron chi connectivity index (χ2n) is 5.19. The third kappa shape index (κ3) is 3.21. The summed E-state index contributed by atoms with van der Waals surface area (Å²) in [6.45, 7) is 5.48. The van der Waals surface area contributed by atoms with Gasteiger partial charge in [0.1, 0.15) is 0 Å². The van der Waals surface area contributed by atoms with Crippen molar-refractivity contribution in [3.05, 3.63) is 23.9 Å². The maximum atomic E-state index is 5.27. The topological polar surface area (TPSA) is 37.4 Å². The van der Waals surface area contributed by atoms with Gasteiger partial charge in [0, 0.05) is 30.9 Å². The zero-order chi connectivity index (χ0) is 13.0. The Morgan fingerprint density at radius 2 is 2.39 bits per heavy atom. The van der Waals surface area contributed by atoms with Crippen LogP contribution in [0.15, 0.2) is 18.3 Å². The highest BCUT2D eigenvalue weighted by Gasteiger charge is 2.23. The molecule has 1 aromatic rings. The van der Waals surface area contributed by atoms with Gasteiger partial charge in [-0.3, -0.25) is 0 Å². The van der Waals surface area contributed by atoms with Gasteiger partial charge in [-0.1, -0.05) is 13.0 Å². The molecule has 2 heterocycles. The summed E-state index contributed by atoms with van der Waals surface area (Å²) in [4.78, 5) is 6.62. The van der Waals surface area contributed by atoms with Crippen molar-refractivity contribution < 1.29 is 4.74 Å². The van der Waals surface area contributed by atoms with Gasteiger partial charge in [0.15, 0.2) is 0 Å². The molecule has 4 heteroatoms. The Balaban J connectivity index is 1.91. The fraction of sp³-hybridized carbons (Fsp3) is 0.643. The minimum absolute atomic E-state index is 0.589. The van der Waals surface area contributed by atoms with E-state index in [2.05, 4.69) is 35.2 Å². The SMILES string of the molecule is COc1ncccc1CNC1CCN(C)CC1C. The van der Waals surface area contributed by atoms with Crippen LogP contribution in [0.3, 0.4) is 0 Å². The van der Waals surface area contributed by atoms with Crippen LogP contribution in [0.1, 0.15) is 18.9 Å². The van der Waals surface area contributed by atoms with E-state index in [9.17, 15) is 0 Å². The summed E-state index contributed by atoms with van der Waals surface area (Å²) in [5, 5.41) is 3.64. The number of likely N-dealkylation sites (tertiary alicyclic amines) is 1. The Bertz CT molecular complexity index is 383. The highest BCUT2D eigenvalue weighted by atomic mass is 16.5. The van der Waals surface area contributed by atoms with Crippen LogP contribution < -0.4 is 10.1 Å². The fourth-order valence-corrected chi connectivity index (χ4v) is 2.64. The van der Waals surface area contributed by atoms with Gasteiger partial charge in [0.05, 0.1) is 7.11 Å². The van der Waals surface area contributed by atoms with Crippen molar-refractivity contribution in [2.24, 2.45) is 5.92 Å². The zero-order valence-corrected chi connectivity index (χ0v) is 11.5. The highest BCUT2D eigenvalue weighted by Crippen LogP contribution is 2.18. The molecule has 0 radical (unpaired) electrons. The molecule has 18 heavy (non-hydrogen) atoms. The van der Waals surface area contributed by atoms with Gasteiger partial charge in [-0.2, -0.15) is 0 Å². The Hall–Kier alpha value is -1.13. The summed E-state index contributed by atoms with van der Waals surface area (Å²) in [6.07, 6.45) is 2.97. The molecule has 0 saturated carbocycles. The van der Waals surface area contributed by atoms with E-state index in [0.29, 0.717) is 12.0 Å². The fourth-order valence-electron chi connectivity index (χ4n) is 2.64. The van der Waals surface area contributed by atoms with E-state index in [4.69, 9.17) is 4.74 Å². The smallest absolute Gasteiger partial charge is 0.217 e. The lowest BCUT2D eigenvalue weighted by Crippen LogP contribution is -2.46. The number of rotatable bonds is 4. The number of aromatic nitrogens is 1. The number of hydrogen-bond acceptors (Lipinski definition) is 4. The van der Waals surface area contributed by atoms with Gasteiger partial charge >= 0.3 is 0 Å². The normalized spacial score (nSPS) is 25.1.